The molecule has 0 radical (unpaired) electrons. The normalized spacial score (nSPS) is 22.2. The van der Waals surface area contributed by atoms with Crippen LogP contribution in [0.2, 0.25) is 5.02 Å². The maximum absolute atomic E-state index is 6.21. The van der Waals surface area contributed by atoms with E-state index < -0.39 is 0 Å². The molecule has 1 aromatic carbocycles. The van der Waals surface area contributed by atoms with Gasteiger partial charge < -0.3 is 19.7 Å². The van der Waals surface area contributed by atoms with Gasteiger partial charge in [-0.05, 0) is 12.8 Å². The summed E-state index contributed by atoms with van der Waals surface area (Å²) >= 11 is 6.21. The molecule has 118 valence electrons. The maximum Gasteiger partial charge on any atom is 0.143 e. The number of ether oxygens (including phenoxy) is 2. The van der Waals surface area contributed by atoms with E-state index >= 15 is 0 Å². The largest absolute Gasteiger partial charge is 0.495 e. The van der Waals surface area contributed by atoms with Crippen LogP contribution in [0.5, 0.6) is 11.5 Å². The number of halogens is 1. The highest BCUT2D eigenvalue weighted by molar-refractivity contribution is 6.32. The molecule has 0 amide bonds. The monoisotopic (exact) mass is 312 g/mol. The van der Waals surface area contributed by atoms with Crippen LogP contribution >= 0.6 is 11.6 Å². The van der Waals surface area contributed by atoms with Crippen LogP contribution in [0.15, 0.2) is 12.1 Å². The topological polar surface area (TPSA) is 33.7 Å². The first kappa shape index (κ1) is 16.2. The fraction of sp³-hybridized carbons (Fsp3) is 0.625. The Morgan fingerprint density at radius 1 is 1.19 bits per heavy atom. The van der Waals surface area contributed by atoms with Crippen LogP contribution in [-0.4, -0.2) is 39.4 Å². The number of benzene rings is 1. The van der Waals surface area contributed by atoms with E-state index in [0.29, 0.717) is 22.9 Å². The molecule has 1 aliphatic rings. The van der Waals surface area contributed by atoms with Crippen molar-refractivity contribution in [3.63, 3.8) is 0 Å². The second-order valence-electron chi connectivity index (χ2n) is 5.39. The van der Waals surface area contributed by atoms with Crippen molar-refractivity contribution in [1.29, 1.82) is 0 Å². The third-order valence-electron chi connectivity index (χ3n) is 4.23. The second kappa shape index (κ2) is 7.23. The molecule has 21 heavy (non-hydrogen) atoms. The highest BCUT2D eigenvalue weighted by Gasteiger charge is 2.28. The van der Waals surface area contributed by atoms with Gasteiger partial charge in [0, 0.05) is 37.3 Å². The minimum atomic E-state index is 0.451. The summed E-state index contributed by atoms with van der Waals surface area (Å²) in [5.74, 6) is 1.49. The smallest absolute Gasteiger partial charge is 0.143 e. The number of hydrogen-bond donors (Lipinski definition) is 1. The van der Waals surface area contributed by atoms with Crippen molar-refractivity contribution in [3.8, 4) is 11.5 Å². The average Bonchev–Trinajstić information content (AvgIpc) is 2.53. The highest BCUT2D eigenvalue weighted by atomic mass is 35.5. The molecular weight excluding hydrogens is 288 g/mol. The molecule has 0 spiro atoms. The zero-order chi connectivity index (χ0) is 15.4. The average molecular weight is 313 g/mol. The molecule has 0 aromatic heterocycles. The van der Waals surface area contributed by atoms with Crippen molar-refractivity contribution in [2.75, 3.05) is 32.2 Å². The lowest BCUT2D eigenvalue weighted by Crippen LogP contribution is -2.56. The molecule has 1 heterocycles. The predicted molar refractivity (Wildman–Crippen MR) is 88.1 cm³/mol. The fourth-order valence-electron chi connectivity index (χ4n) is 2.87. The molecule has 0 aliphatic carbocycles. The van der Waals surface area contributed by atoms with Gasteiger partial charge in [-0.25, -0.2) is 0 Å². The highest BCUT2D eigenvalue weighted by Crippen LogP contribution is 2.39. The van der Waals surface area contributed by atoms with Crippen LogP contribution in [0.3, 0.4) is 0 Å². The summed E-state index contributed by atoms with van der Waals surface area (Å²) in [6.07, 6.45) is 2.19. The lowest BCUT2D eigenvalue weighted by molar-refractivity contribution is 0.366. The Labute approximate surface area is 132 Å². The molecule has 0 bridgehead atoms. The molecule has 4 nitrogen and oxygen atoms in total. The molecule has 2 atom stereocenters. The van der Waals surface area contributed by atoms with Gasteiger partial charge in [-0.15, -0.1) is 0 Å². The molecule has 2 rings (SSSR count). The molecule has 2 unspecified atom stereocenters. The third kappa shape index (κ3) is 3.38. The summed E-state index contributed by atoms with van der Waals surface area (Å²) < 4.78 is 10.9. The number of hydrogen-bond acceptors (Lipinski definition) is 4. The first-order chi connectivity index (χ1) is 10.1. The van der Waals surface area contributed by atoms with Gasteiger partial charge in [0.05, 0.1) is 24.9 Å². The van der Waals surface area contributed by atoms with Crippen LogP contribution in [0, 0.1) is 0 Å². The summed E-state index contributed by atoms with van der Waals surface area (Å²) in [5, 5.41) is 4.18. The Bertz CT molecular complexity index is 482. The third-order valence-corrected chi connectivity index (χ3v) is 4.52. The summed E-state index contributed by atoms with van der Waals surface area (Å²) in [5.41, 5.74) is 1.06. The van der Waals surface area contributed by atoms with Crippen LogP contribution in [0.1, 0.15) is 26.7 Å². The molecule has 1 N–H and O–H groups in total. The van der Waals surface area contributed by atoms with Crippen LogP contribution in [0.25, 0.3) is 0 Å². The predicted octanol–water partition coefficient (Wildman–Crippen LogP) is 3.32. The molecule has 1 fully saturated rings. The van der Waals surface area contributed by atoms with Crippen molar-refractivity contribution >= 4 is 17.3 Å². The van der Waals surface area contributed by atoms with Gasteiger partial charge in [0.15, 0.2) is 0 Å². The van der Waals surface area contributed by atoms with Crippen molar-refractivity contribution in [2.24, 2.45) is 0 Å². The van der Waals surface area contributed by atoms with Gasteiger partial charge in [-0.3, -0.25) is 0 Å². The van der Waals surface area contributed by atoms with Gasteiger partial charge in [0.2, 0.25) is 0 Å². The van der Waals surface area contributed by atoms with E-state index in [4.69, 9.17) is 21.1 Å². The Hall–Kier alpha value is -1.13. The number of nitrogens with one attached hydrogen (secondary N) is 1. The molecule has 0 saturated carbocycles. The van der Waals surface area contributed by atoms with E-state index in [1.54, 1.807) is 14.2 Å². The van der Waals surface area contributed by atoms with Crippen molar-refractivity contribution in [3.05, 3.63) is 17.2 Å². The van der Waals surface area contributed by atoms with Gasteiger partial charge >= 0.3 is 0 Å². The zero-order valence-electron chi connectivity index (χ0n) is 13.3. The van der Waals surface area contributed by atoms with Crippen LogP contribution in [0.4, 0.5) is 5.69 Å². The summed E-state index contributed by atoms with van der Waals surface area (Å²) in [6, 6.07) is 4.78. The molecule has 1 aliphatic heterocycles. The quantitative estimate of drug-likeness (QED) is 0.904. The first-order valence-electron chi connectivity index (χ1n) is 7.56. The maximum atomic E-state index is 6.21. The van der Waals surface area contributed by atoms with E-state index in [1.165, 1.54) is 0 Å². The van der Waals surface area contributed by atoms with Crippen LogP contribution in [-0.2, 0) is 0 Å². The Kier molecular flexibility index (Phi) is 5.59. The van der Waals surface area contributed by atoms with Gasteiger partial charge in [-0.1, -0.05) is 25.4 Å². The Morgan fingerprint density at radius 2 is 1.90 bits per heavy atom. The van der Waals surface area contributed by atoms with E-state index in [2.05, 4.69) is 24.1 Å². The standard InChI is InChI=1S/C16H25ClN2O2/c1-5-11-10-19(12(6-2)9-18-11)14-8-15(20-3)13(17)7-16(14)21-4/h7-8,11-12,18H,5-6,9-10H2,1-4H3. The van der Waals surface area contributed by atoms with Gasteiger partial charge in [-0.2, -0.15) is 0 Å². The number of piperazine rings is 1. The molecule has 1 aromatic rings. The number of anilines is 1. The number of methoxy groups -OCH3 is 2. The molecule has 1 saturated heterocycles. The minimum Gasteiger partial charge on any atom is -0.495 e. The van der Waals surface area contributed by atoms with E-state index in [-0.39, 0.29) is 0 Å². The second-order valence-corrected chi connectivity index (χ2v) is 5.79. The van der Waals surface area contributed by atoms with Gasteiger partial charge in [0.1, 0.15) is 11.5 Å². The Morgan fingerprint density at radius 3 is 2.48 bits per heavy atom. The minimum absolute atomic E-state index is 0.451. The summed E-state index contributed by atoms with van der Waals surface area (Å²) in [7, 11) is 3.32. The number of nitrogens with zero attached hydrogens (tertiary/aromatic N) is 1. The molecular formula is C16H25ClN2O2. The van der Waals surface area contributed by atoms with Crippen molar-refractivity contribution in [2.45, 2.75) is 38.8 Å². The lowest BCUT2D eigenvalue weighted by Gasteiger charge is -2.42. The van der Waals surface area contributed by atoms with Crippen molar-refractivity contribution in [1.82, 2.24) is 5.32 Å². The van der Waals surface area contributed by atoms with Gasteiger partial charge in [0.25, 0.3) is 0 Å². The van der Waals surface area contributed by atoms with Crippen LogP contribution < -0.4 is 19.7 Å². The summed E-state index contributed by atoms with van der Waals surface area (Å²) in [4.78, 5) is 2.42. The lowest BCUT2D eigenvalue weighted by atomic mass is 10.0. The Balaban J connectivity index is 2.40. The summed E-state index contributed by atoms with van der Waals surface area (Å²) in [6.45, 7) is 6.38. The SMILES string of the molecule is CCC1CN(c2cc(OC)c(Cl)cc2OC)C(CC)CN1. The molecule has 5 heteroatoms. The van der Waals surface area contributed by atoms with E-state index in [1.807, 2.05) is 12.1 Å². The first-order valence-corrected chi connectivity index (χ1v) is 7.93. The zero-order valence-corrected chi connectivity index (χ0v) is 14.0. The van der Waals surface area contributed by atoms with E-state index in [0.717, 1.165) is 37.4 Å². The van der Waals surface area contributed by atoms with E-state index in [9.17, 15) is 0 Å². The number of rotatable bonds is 5. The van der Waals surface area contributed by atoms with Crippen molar-refractivity contribution < 1.29 is 9.47 Å². The fourth-order valence-corrected chi connectivity index (χ4v) is 3.10.